The van der Waals surface area contributed by atoms with Gasteiger partial charge in [0.05, 0.1) is 5.75 Å². The van der Waals surface area contributed by atoms with Crippen molar-refractivity contribution in [2.75, 3.05) is 5.75 Å². The average molecular weight is 183 g/mol. The Labute approximate surface area is 65.8 Å². The summed E-state index contributed by atoms with van der Waals surface area (Å²) < 4.78 is 21.6. The summed E-state index contributed by atoms with van der Waals surface area (Å²) in [6.45, 7) is 3.86. The molecule has 0 aromatic carbocycles. The van der Waals surface area contributed by atoms with E-state index in [4.69, 9.17) is 5.14 Å². The molecular formula is C5H13NO2S2. The summed E-state index contributed by atoms with van der Waals surface area (Å²) in [5.74, 6) is 0.394. The number of hydrogen-bond acceptors (Lipinski definition) is 4. The molecule has 0 aromatic heterocycles. The monoisotopic (exact) mass is 183 g/mol. The predicted molar refractivity (Wildman–Crippen MR) is 45.0 cm³/mol. The van der Waals surface area contributed by atoms with Crippen molar-refractivity contribution in [2.45, 2.75) is 20.3 Å². The van der Waals surface area contributed by atoms with Crippen LogP contribution in [0.1, 0.15) is 20.3 Å². The molecule has 0 spiro atoms. The minimum absolute atomic E-state index is 0.185. The van der Waals surface area contributed by atoms with Crippen molar-refractivity contribution >= 4 is 19.8 Å². The minimum atomic E-state index is -3.04. The van der Waals surface area contributed by atoms with Crippen molar-refractivity contribution in [3.8, 4) is 0 Å². The zero-order valence-electron chi connectivity index (χ0n) is 6.20. The van der Waals surface area contributed by atoms with E-state index >= 15 is 0 Å². The molecular weight excluding hydrogens is 170 g/mol. The Morgan fingerprint density at radius 1 is 1.60 bits per heavy atom. The van der Waals surface area contributed by atoms with E-state index in [2.05, 4.69) is 0 Å². The average Bonchev–Trinajstić information content (AvgIpc) is 1.87. The maximum absolute atomic E-state index is 10.8. The van der Waals surface area contributed by atoms with Gasteiger partial charge in [-0.25, -0.2) is 8.42 Å². The molecule has 0 fully saturated rings. The first kappa shape index (κ1) is 10.3. The molecule has 0 bridgehead atoms. The minimum Gasteiger partial charge on any atom is -0.264 e. The molecule has 0 amide bonds. The Kier molecular flexibility index (Phi) is 4.31. The highest BCUT2D eigenvalue weighted by molar-refractivity contribution is 8.71. The Hall–Kier alpha value is 0.260. The highest BCUT2D eigenvalue weighted by Gasteiger charge is 2.12. The van der Waals surface area contributed by atoms with Gasteiger partial charge < -0.3 is 0 Å². The third kappa shape index (κ3) is 4.14. The molecule has 0 saturated heterocycles. The molecule has 0 aliphatic heterocycles. The van der Waals surface area contributed by atoms with Gasteiger partial charge in [0.15, 0.2) is 0 Å². The molecule has 3 nitrogen and oxygen atoms in total. The lowest BCUT2D eigenvalue weighted by molar-refractivity contribution is 0.576. The second-order valence-electron chi connectivity index (χ2n) is 2.33. The zero-order valence-corrected chi connectivity index (χ0v) is 7.83. The van der Waals surface area contributed by atoms with Gasteiger partial charge >= 0.3 is 0 Å². The molecule has 0 heterocycles. The molecule has 0 aliphatic carbocycles. The lowest BCUT2D eigenvalue weighted by atomic mass is 10.2. The van der Waals surface area contributed by atoms with E-state index in [0.717, 1.165) is 6.42 Å². The van der Waals surface area contributed by atoms with Crippen LogP contribution in [0.3, 0.4) is 0 Å². The molecule has 62 valence electrons. The van der Waals surface area contributed by atoms with Gasteiger partial charge in [-0.3, -0.25) is 5.14 Å². The van der Waals surface area contributed by atoms with Crippen molar-refractivity contribution in [1.29, 1.82) is 0 Å². The predicted octanol–water partition coefficient (Wildman–Crippen LogP) is 0.969. The summed E-state index contributed by atoms with van der Waals surface area (Å²) in [6.07, 6.45) is 0.875. The Morgan fingerprint density at radius 2 is 2.10 bits per heavy atom. The van der Waals surface area contributed by atoms with E-state index < -0.39 is 8.87 Å². The first-order valence-corrected chi connectivity index (χ1v) is 6.17. The molecule has 0 rings (SSSR count). The third-order valence-electron chi connectivity index (χ3n) is 1.33. The Bertz CT molecular complexity index is 176. The Morgan fingerprint density at radius 3 is 2.40 bits per heavy atom. The first-order chi connectivity index (χ1) is 4.52. The molecule has 0 aliphatic rings. The lowest BCUT2D eigenvalue weighted by Crippen LogP contribution is -2.11. The number of rotatable bonds is 4. The van der Waals surface area contributed by atoms with Gasteiger partial charge in [-0.2, -0.15) is 0 Å². The van der Waals surface area contributed by atoms with Crippen molar-refractivity contribution in [3.63, 3.8) is 0 Å². The van der Waals surface area contributed by atoms with Gasteiger partial charge in [0.2, 0.25) is 8.87 Å². The lowest BCUT2D eigenvalue weighted by Gasteiger charge is -2.05. The van der Waals surface area contributed by atoms with Gasteiger partial charge in [0.1, 0.15) is 0 Å². The summed E-state index contributed by atoms with van der Waals surface area (Å²) in [7, 11) is -2.59. The molecule has 0 saturated carbocycles. The van der Waals surface area contributed by atoms with Crippen LogP contribution >= 0.6 is 11.0 Å². The molecule has 10 heavy (non-hydrogen) atoms. The van der Waals surface area contributed by atoms with Gasteiger partial charge in [-0.1, -0.05) is 20.3 Å². The van der Waals surface area contributed by atoms with Crippen LogP contribution in [-0.4, -0.2) is 14.2 Å². The summed E-state index contributed by atoms with van der Waals surface area (Å²) in [6, 6.07) is 0. The van der Waals surface area contributed by atoms with Crippen LogP contribution in [0, 0.1) is 5.92 Å². The van der Waals surface area contributed by atoms with Crippen LogP contribution in [0.15, 0.2) is 0 Å². The zero-order chi connectivity index (χ0) is 8.20. The van der Waals surface area contributed by atoms with Crippen LogP contribution in [0.2, 0.25) is 0 Å². The normalized spacial score (nSPS) is 15.1. The quantitative estimate of drug-likeness (QED) is 0.521. The molecule has 0 aromatic rings. The van der Waals surface area contributed by atoms with E-state index in [0.29, 0.717) is 11.0 Å². The van der Waals surface area contributed by atoms with Crippen molar-refractivity contribution in [3.05, 3.63) is 0 Å². The van der Waals surface area contributed by atoms with E-state index in [-0.39, 0.29) is 11.7 Å². The highest BCUT2D eigenvalue weighted by atomic mass is 33.1. The van der Waals surface area contributed by atoms with Gasteiger partial charge in [-0.15, -0.1) is 0 Å². The fraction of sp³-hybridized carbons (Fsp3) is 1.00. The van der Waals surface area contributed by atoms with E-state index in [1.54, 1.807) is 0 Å². The van der Waals surface area contributed by atoms with Crippen LogP contribution < -0.4 is 5.14 Å². The topological polar surface area (TPSA) is 60.2 Å². The van der Waals surface area contributed by atoms with Crippen molar-refractivity contribution in [2.24, 2.45) is 11.1 Å². The van der Waals surface area contributed by atoms with Crippen LogP contribution in [-0.2, 0) is 8.87 Å². The third-order valence-corrected chi connectivity index (χ3v) is 3.89. The van der Waals surface area contributed by atoms with Gasteiger partial charge in [0.25, 0.3) is 0 Å². The standard InChI is InChI=1S/C5H13NO2S2/c1-3-5(2)4-10(7,8)9-6/h5H,3-4,6H2,1-2H3. The maximum atomic E-state index is 10.8. The fourth-order valence-electron chi connectivity index (χ4n) is 0.506. The van der Waals surface area contributed by atoms with Crippen LogP contribution in [0.25, 0.3) is 0 Å². The summed E-state index contributed by atoms with van der Waals surface area (Å²) in [4.78, 5) is 0. The van der Waals surface area contributed by atoms with Crippen molar-refractivity contribution in [1.82, 2.24) is 0 Å². The summed E-state index contributed by atoms with van der Waals surface area (Å²) in [5.41, 5.74) is 0. The molecule has 2 N–H and O–H groups in total. The highest BCUT2D eigenvalue weighted by Crippen LogP contribution is 2.11. The molecule has 1 unspecified atom stereocenters. The first-order valence-electron chi connectivity index (χ1n) is 3.13. The van der Waals surface area contributed by atoms with Crippen molar-refractivity contribution < 1.29 is 8.42 Å². The van der Waals surface area contributed by atoms with Gasteiger partial charge in [-0.05, 0) is 5.92 Å². The second-order valence-corrected chi connectivity index (χ2v) is 6.08. The van der Waals surface area contributed by atoms with Crippen LogP contribution in [0.5, 0.6) is 0 Å². The van der Waals surface area contributed by atoms with E-state index in [1.807, 2.05) is 13.8 Å². The molecule has 0 radical (unpaired) electrons. The number of nitrogens with two attached hydrogens (primary N) is 1. The molecule has 5 heteroatoms. The summed E-state index contributed by atoms with van der Waals surface area (Å²) >= 11 is 0. The van der Waals surface area contributed by atoms with Gasteiger partial charge in [0, 0.05) is 11.0 Å². The van der Waals surface area contributed by atoms with E-state index in [1.165, 1.54) is 0 Å². The number of hydrogen-bond donors (Lipinski definition) is 1. The SMILES string of the molecule is CCC(C)CS(=O)(=O)SN. The smallest absolute Gasteiger partial charge is 0.215 e. The molecule has 1 atom stereocenters. The fourth-order valence-corrected chi connectivity index (χ4v) is 2.45. The second kappa shape index (κ2) is 4.20. The van der Waals surface area contributed by atoms with E-state index in [9.17, 15) is 8.42 Å². The largest absolute Gasteiger partial charge is 0.264 e. The summed E-state index contributed by atoms with van der Waals surface area (Å²) in [5, 5.41) is 4.94. The Balaban J connectivity index is 3.90. The van der Waals surface area contributed by atoms with Crippen LogP contribution in [0.4, 0.5) is 0 Å². The maximum Gasteiger partial charge on any atom is 0.215 e.